The summed E-state index contributed by atoms with van der Waals surface area (Å²) in [7, 11) is 0.205. The van der Waals surface area contributed by atoms with Crippen molar-refractivity contribution >= 4 is 21.7 Å². The van der Waals surface area contributed by atoms with Gasteiger partial charge in [-0.05, 0) is 43.9 Å². The molecule has 0 radical (unpaired) electrons. The number of nitrogens with zero attached hydrogens (tertiary/aromatic N) is 1. The molecule has 1 N–H and O–H groups in total. The van der Waals surface area contributed by atoms with Crippen LogP contribution in [0.15, 0.2) is 54.6 Å². The summed E-state index contributed by atoms with van der Waals surface area (Å²) >= 11 is 0. The van der Waals surface area contributed by atoms with E-state index in [1.165, 1.54) is 12.1 Å². The molecule has 2 rings (SSSR count). The normalized spacial score (nSPS) is 11.3. The molecule has 134 valence electrons. The second-order valence-corrected chi connectivity index (χ2v) is 7.71. The molecule has 0 bridgehead atoms. The van der Waals surface area contributed by atoms with Crippen molar-refractivity contribution in [1.82, 2.24) is 4.90 Å². The molecule has 0 unspecified atom stereocenters. The molecule has 0 fully saturated rings. The Kier molecular flexibility index (Phi) is 6.55. The van der Waals surface area contributed by atoms with Crippen LogP contribution in [0.3, 0.4) is 0 Å². The molecular weight excluding hydrogens is 340 g/mol. The largest absolute Gasteiger partial charge is 0.457 e. The fourth-order valence-electron chi connectivity index (χ4n) is 2.01. The molecular formula is C18H22N2O4S. The summed E-state index contributed by atoms with van der Waals surface area (Å²) < 4.78 is 31.6. The van der Waals surface area contributed by atoms with E-state index in [0.717, 1.165) is 5.56 Å². The van der Waals surface area contributed by atoms with Gasteiger partial charge in [0.2, 0.25) is 10.0 Å². The van der Waals surface area contributed by atoms with E-state index in [2.05, 4.69) is 4.72 Å². The summed E-state index contributed by atoms with van der Waals surface area (Å²) in [5.41, 5.74) is 1.69. The van der Waals surface area contributed by atoms with Crippen LogP contribution in [-0.4, -0.2) is 45.7 Å². The number of anilines is 1. The molecule has 0 heterocycles. The van der Waals surface area contributed by atoms with Gasteiger partial charge in [-0.1, -0.05) is 30.3 Å². The monoisotopic (exact) mass is 362 g/mol. The van der Waals surface area contributed by atoms with E-state index in [-0.39, 0.29) is 12.4 Å². The van der Waals surface area contributed by atoms with Gasteiger partial charge in [0, 0.05) is 12.2 Å². The molecule has 0 atom stereocenters. The molecule has 0 aliphatic heterocycles. The van der Waals surface area contributed by atoms with Gasteiger partial charge in [0.15, 0.2) is 0 Å². The van der Waals surface area contributed by atoms with Gasteiger partial charge in [0.05, 0.1) is 11.3 Å². The Labute approximate surface area is 148 Å². The molecule has 0 saturated heterocycles. The quantitative estimate of drug-likeness (QED) is 0.730. The minimum atomic E-state index is -3.42. The van der Waals surface area contributed by atoms with Crippen molar-refractivity contribution in [3.05, 3.63) is 65.7 Å². The third kappa shape index (κ3) is 6.56. The molecule has 0 aromatic heterocycles. The summed E-state index contributed by atoms with van der Waals surface area (Å²) in [6.45, 7) is 0.623. The Balaban J connectivity index is 1.91. The average molecular weight is 362 g/mol. The number of hydrogen-bond acceptors (Lipinski definition) is 5. The maximum atomic E-state index is 12.0. The van der Waals surface area contributed by atoms with E-state index < -0.39 is 16.0 Å². The zero-order valence-electron chi connectivity index (χ0n) is 14.3. The van der Waals surface area contributed by atoms with Crippen molar-refractivity contribution < 1.29 is 17.9 Å². The van der Waals surface area contributed by atoms with E-state index in [9.17, 15) is 13.2 Å². The summed E-state index contributed by atoms with van der Waals surface area (Å²) in [6.07, 6.45) is 0. The van der Waals surface area contributed by atoms with Gasteiger partial charge in [0.25, 0.3) is 0 Å². The highest BCUT2D eigenvalue weighted by molar-refractivity contribution is 7.92. The Morgan fingerprint density at radius 2 is 1.68 bits per heavy atom. The van der Waals surface area contributed by atoms with Gasteiger partial charge in [-0.25, -0.2) is 13.2 Å². The van der Waals surface area contributed by atoms with Gasteiger partial charge in [-0.3, -0.25) is 4.72 Å². The average Bonchev–Trinajstić information content (AvgIpc) is 2.59. The number of ether oxygens (including phenoxy) is 1. The first kappa shape index (κ1) is 19.0. The number of nitrogens with one attached hydrogen (secondary N) is 1. The Bertz CT molecular complexity index is 788. The number of carbonyl (C=O) groups is 1. The molecule has 2 aromatic rings. The van der Waals surface area contributed by atoms with Crippen LogP contribution in [0.1, 0.15) is 15.9 Å². The standard InChI is InChI=1S/C18H22N2O4S/c1-20(2)12-13-25(22,23)19-17-10-8-16(9-11-17)18(21)24-14-15-6-4-3-5-7-15/h3-11,19H,12-14H2,1-2H3. The third-order valence-corrected chi connectivity index (χ3v) is 4.68. The highest BCUT2D eigenvalue weighted by atomic mass is 32.2. The van der Waals surface area contributed by atoms with E-state index in [0.29, 0.717) is 17.8 Å². The summed E-state index contributed by atoms with van der Waals surface area (Å²) in [5.74, 6) is -0.452. The molecule has 25 heavy (non-hydrogen) atoms. The zero-order chi connectivity index (χ0) is 18.3. The molecule has 2 aromatic carbocycles. The van der Waals surface area contributed by atoms with Gasteiger partial charge in [0.1, 0.15) is 6.61 Å². The Hall–Kier alpha value is -2.38. The Morgan fingerprint density at radius 1 is 1.04 bits per heavy atom. The molecule has 0 amide bonds. The van der Waals surface area contributed by atoms with Crippen LogP contribution < -0.4 is 4.72 Å². The summed E-state index contributed by atoms with van der Waals surface area (Å²) in [4.78, 5) is 13.8. The maximum Gasteiger partial charge on any atom is 0.338 e. The van der Waals surface area contributed by atoms with Crippen molar-refractivity contribution in [1.29, 1.82) is 0 Å². The lowest BCUT2D eigenvalue weighted by molar-refractivity contribution is 0.0473. The molecule has 0 saturated carbocycles. The van der Waals surface area contributed by atoms with Crippen LogP contribution in [0.4, 0.5) is 5.69 Å². The molecule has 0 spiro atoms. The van der Waals surface area contributed by atoms with Crippen molar-refractivity contribution in [3.63, 3.8) is 0 Å². The molecule has 0 aliphatic carbocycles. The lowest BCUT2D eigenvalue weighted by Gasteiger charge is -2.12. The van der Waals surface area contributed by atoms with Crippen molar-refractivity contribution in [2.24, 2.45) is 0 Å². The summed E-state index contributed by atoms with van der Waals surface area (Å²) in [5, 5.41) is 0. The first-order valence-electron chi connectivity index (χ1n) is 7.82. The SMILES string of the molecule is CN(C)CCS(=O)(=O)Nc1ccc(C(=O)OCc2ccccc2)cc1. The van der Waals surface area contributed by atoms with Crippen LogP contribution in [0.5, 0.6) is 0 Å². The third-order valence-electron chi connectivity index (χ3n) is 3.41. The van der Waals surface area contributed by atoms with Crippen LogP contribution in [0.2, 0.25) is 0 Å². The molecule has 7 heteroatoms. The van der Waals surface area contributed by atoms with Crippen LogP contribution in [-0.2, 0) is 21.4 Å². The number of carbonyl (C=O) groups excluding carboxylic acids is 1. The van der Waals surface area contributed by atoms with Crippen molar-refractivity contribution in [2.45, 2.75) is 6.61 Å². The van der Waals surface area contributed by atoms with Gasteiger partial charge < -0.3 is 9.64 Å². The highest BCUT2D eigenvalue weighted by Crippen LogP contribution is 2.13. The zero-order valence-corrected chi connectivity index (χ0v) is 15.1. The van der Waals surface area contributed by atoms with E-state index in [1.54, 1.807) is 17.0 Å². The smallest absolute Gasteiger partial charge is 0.338 e. The van der Waals surface area contributed by atoms with Gasteiger partial charge >= 0.3 is 5.97 Å². The van der Waals surface area contributed by atoms with E-state index in [4.69, 9.17) is 4.74 Å². The van der Waals surface area contributed by atoms with Crippen LogP contribution >= 0.6 is 0 Å². The number of sulfonamides is 1. The maximum absolute atomic E-state index is 12.0. The Morgan fingerprint density at radius 3 is 2.28 bits per heavy atom. The topological polar surface area (TPSA) is 75.7 Å². The van der Waals surface area contributed by atoms with E-state index in [1.807, 2.05) is 44.4 Å². The molecule has 0 aliphatic rings. The minimum Gasteiger partial charge on any atom is -0.457 e. The first-order valence-corrected chi connectivity index (χ1v) is 9.47. The summed E-state index contributed by atoms with van der Waals surface area (Å²) in [6, 6.07) is 15.6. The first-order chi connectivity index (χ1) is 11.9. The van der Waals surface area contributed by atoms with Crippen LogP contribution in [0.25, 0.3) is 0 Å². The highest BCUT2D eigenvalue weighted by Gasteiger charge is 2.12. The number of hydrogen-bond donors (Lipinski definition) is 1. The number of esters is 1. The number of rotatable bonds is 8. The predicted octanol–water partition coefficient (Wildman–Crippen LogP) is 2.35. The van der Waals surface area contributed by atoms with Crippen molar-refractivity contribution in [3.8, 4) is 0 Å². The lowest BCUT2D eigenvalue weighted by atomic mass is 10.2. The van der Waals surface area contributed by atoms with Gasteiger partial charge in [-0.2, -0.15) is 0 Å². The van der Waals surface area contributed by atoms with Gasteiger partial charge in [-0.15, -0.1) is 0 Å². The minimum absolute atomic E-state index is 0.000862. The fourth-order valence-corrected chi connectivity index (χ4v) is 3.22. The second kappa shape index (κ2) is 8.64. The second-order valence-electron chi connectivity index (χ2n) is 5.86. The van der Waals surface area contributed by atoms with Crippen molar-refractivity contribution in [2.75, 3.05) is 31.1 Å². The number of benzene rings is 2. The van der Waals surface area contributed by atoms with E-state index >= 15 is 0 Å². The van der Waals surface area contributed by atoms with Crippen LogP contribution in [0, 0.1) is 0 Å². The fraction of sp³-hybridized carbons (Fsp3) is 0.278. The predicted molar refractivity (Wildman–Crippen MR) is 98.0 cm³/mol. The molecule has 6 nitrogen and oxygen atoms in total. The lowest BCUT2D eigenvalue weighted by Crippen LogP contribution is -2.26.